The SMILES string of the molecule is CCOc1cc(Cl)c(Cl)c(C(=O)O)c1OC(F)F. The Morgan fingerprint density at radius 1 is 1.50 bits per heavy atom. The number of benzene rings is 1. The summed E-state index contributed by atoms with van der Waals surface area (Å²) in [6, 6.07) is 1.12. The second-order valence-electron chi connectivity index (χ2n) is 2.99. The van der Waals surface area contributed by atoms with Crippen LogP contribution < -0.4 is 9.47 Å². The number of hydrogen-bond acceptors (Lipinski definition) is 3. The van der Waals surface area contributed by atoms with Crippen molar-refractivity contribution < 1.29 is 28.2 Å². The van der Waals surface area contributed by atoms with Gasteiger partial charge in [-0.2, -0.15) is 8.78 Å². The van der Waals surface area contributed by atoms with Crippen molar-refractivity contribution in [1.82, 2.24) is 0 Å². The van der Waals surface area contributed by atoms with E-state index >= 15 is 0 Å². The molecule has 18 heavy (non-hydrogen) atoms. The van der Waals surface area contributed by atoms with Crippen molar-refractivity contribution in [3.63, 3.8) is 0 Å². The van der Waals surface area contributed by atoms with E-state index in [0.717, 1.165) is 6.07 Å². The summed E-state index contributed by atoms with van der Waals surface area (Å²) in [5, 5.41) is 8.44. The fourth-order valence-corrected chi connectivity index (χ4v) is 1.66. The highest BCUT2D eigenvalue weighted by atomic mass is 35.5. The van der Waals surface area contributed by atoms with Gasteiger partial charge in [0.1, 0.15) is 5.56 Å². The molecule has 4 nitrogen and oxygen atoms in total. The van der Waals surface area contributed by atoms with Gasteiger partial charge in [0, 0.05) is 6.07 Å². The van der Waals surface area contributed by atoms with Gasteiger partial charge >= 0.3 is 12.6 Å². The van der Waals surface area contributed by atoms with Gasteiger partial charge in [-0.05, 0) is 6.92 Å². The molecule has 0 aliphatic carbocycles. The largest absolute Gasteiger partial charge is 0.490 e. The summed E-state index contributed by atoms with van der Waals surface area (Å²) in [6.07, 6.45) is 0. The summed E-state index contributed by atoms with van der Waals surface area (Å²) < 4.78 is 33.7. The molecule has 0 bridgehead atoms. The molecule has 1 N–H and O–H groups in total. The van der Waals surface area contributed by atoms with Crippen LogP contribution >= 0.6 is 23.2 Å². The second kappa shape index (κ2) is 6.06. The molecular weight excluding hydrogens is 293 g/mol. The van der Waals surface area contributed by atoms with Crippen LogP contribution in [0.3, 0.4) is 0 Å². The third-order valence-corrected chi connectivity index (χ3v) is 2.65. The van der Waals surface area contributed by atoms with E-state index < -0.39 is 23.9 Å². The van der Waals surface area contributed by atoms with Crippen molar-refractivity contribution in [1.29, 1.82) is 0 Å². The Bertz CT molecular complexity index is 466. The van der Waals surface area contributed by atoms with E-state index in [1.807, 2.05) is 0 Å². The quantitative estimate of drug-likeness (QED) is 0.901. The molecule has 0 saturated carbocycles. The first kappa shape index (κ1) is 14.8. The van der Waals surface area contributed by atoms with Gasteiger partial charge in [0.05, 0.1) is 16.7 Å². The smallest absolute Gasteiger partial charge is 0.387 e. The van der Waals surface area contributed by atoms with Gasteiger partial charge in [0.15, 0.2) is 11.5 Å². The average Bonchev–Trinajstić information content (AvgIpc) is 2.24. The second-order valence-corrected chi connectivity index (χ2v) is 3.78. The van der Waals surface area contributed by atoms with Crippen LogP contribution in [0.4, 0.5) is 8.78 Å². The zero-order valence-corrected chi connectivity index (χ0v) is 10.6. The van der Waals surface area contributed by atoms with E-state index in [9.17, 15) is 13.6 Å². The lowest BCUT2D eigenvalue weighted by Crippen LogP contribution is -2.10. The summed E-state index contributed by atoms with van der Waals surface area (Å²) >= 11 is 11.3. The molecule has 1 aromatic rings. The third-order valence-electron chi connectivity index (χ3n) is 1.86. The Labute approximate surface area is 111 Å². The van der Waals surface area contributed by atoms with Gasteiger partial charge in [0.25, 0.3) is 0 Å². The number of carboxylic acid groups (broad SMARTS) is 1. The van der Waals surface area contributed by atoms with Crippen molar-refractivity contribution in [2.45, 2.75) is 13.5 Å². The molecule has 100 valence electrons. The lowest BCUT2D eigenvalue weighted by atomic mass is 10.2. The number of rotatable bonds is 5. The molecule has 1 aromatic carbocycles. The normalized spacial score (nSPS) is 10.6. The molecule has 0 saturated heterocycles. The van der Waals surface area contributed by atoms with E-state index in [2.05, 4.69) is 4.74 Å². The number of alkyl halides is 2. The molecule has 0 aliphatic heterocycles. The van der Waals surface area contributed by atoms with Crippen LogP contribution in [0.25, 0.3) is 0 Å². The Hall–Kier alpha value is -1.27. The minimum absolute atomic E-state index is 0.122. The third kappa shape index (κ3) is 3.14. The molecule has 0 aromatic heterocycles. The minimum Gasteiger partial charge on any atom is -0.490 e. The summed E-state index contributed by atoms with van der Waals surface area (Å²) in [5.74, 6) is -2.39. The maximum absolute atomic E-state index is 12.3. The topological polar surface area (TPSA) is 55.8 Å². The maximum Gasteiger partial charge on any atom is 0.387 e. The van der Waals surface area contributed by atoms with Crippen molar-refractivity contribution >= 4 is 29.2 Å². The summed E-state index contributed by atoms with van der Waals surface area (Å²) in [5.41, 5.74) is -0.659. The van der Waals surface area contributed by atoms with Crippen LogP contribution in [0.1, 0.15) is 17.3 Å². The number of aromatic carboxylic acids is 1. The van der Waals surface area contributed by atoms with E-state index in [1.54, 1.807) is 6.92 Å². The zero-order chi connectivity index (χ0) is 13.9. The van der Waals surface area contributed by atoms with Crippen LogP contribution in [0.2, 0.25) is 10.0 Å². The Morgan fingerprint density at radius 2 is 2.11 bits per heavy atom. The van der Waals surface area contributed by atoms with Gasteiger partial charge < -0.3 is 14.6 Å². The van der Waals surface area contributed by atoms with Gasteiger partial charge in [-0.25, -0.2) is 4.79 Å². The Kier molecular flexibility index (Phi) is 4.98. The molecule has 8 heteroatoms. The van der Waals surface area contributed by atoms with Crippen LogP contribution in [0, 0.1) is 0 Å². The number of halogens is 4. The first-order chi connectivity index (χ1) is 8.38. The average molecular weight is 301 g/mol. The molecule has 0 unspecified atom stereocenters. The number of hydrogen-bond donors (Lipinski definition) is 1. The number of ether oxygens (including phenoxy) is 2. The molecule has 0 aliphatic rings. The van der Waals surface area contributed by atoms with Crippen molar-refractivity contribution in [2.75, 3.05) is 6.61 Å². The molecule has 0 fully saturated rings. The molecule has 1 rings (SSSR count). The molecule has 0 atom stereocenters. The summed E-state index contributed by atoms with van der Waals surface area (Å²) in [4.78, 5) is 11.0. The first-order valence-electron chi connectivity index (χ1n) is 4.71. The Morgan fingerprint density at radius 3 is 2.56 bits per heavy atom. The van der Waals surface area contributed by atoms with Crippen LogP contribution in [-0.4, -0.2) is 24.3 Å². The predicted molar refractivity (Wildman–Crippen MR) is 61.2 cm³/mol. The zero-order valence-electron chi connectivity index (χ0n) is 9.05. The molecule has 0 amide bonds. The van der Waals surface area contributed by atoms with Crippen LogP contribution in [0.5, 0.6) is 11.5 Å². The van der Waals surface area contributed by atoms with Crippen LogP contribution in [-0.2, 0) is 0 Å². The van der Waals surface area contributed by atoms with Gasteiger partial charge in [-0.1, -0.05) is 23.2 Å². The number of carbonyl (C=O) groups is 1. The first-order valence-corrected chi connectivity index (χ1v) is 5.47. The van der Waals surface area contributed by atoms with Gasteiger partial charge in [-0.3, -0.25) is 0 Å². The van der Waals surface area contributed by atoms with Crippen molar-refractivity contribution in [2.24, 2.45) is 0 Å². The standard InChI is InChI=1S/C10H8Cl2F2O4/c1-2-17-5-3-4(11)7(12)6(9(15)16)8(5)18-10(13)14/h3,10H,2H2,1H3,(H,15,16). The molecule has 0 heterocycles. The van der Waals surface area contributed by atoms with E-state index in [1.165, 1.54) is 0 Å². The molecule has 0 spiro atoms. The summed E-state index contributed by atoms with van der Waals surface area (Å²) in [7, 11) is 0. The van der Waals surface area contributed by atoms with Gasteiger partial charge in [-0.15, -0.1) is 0 Å². The van der Waals surface area contributed by atoms with Crippen LogP contribution in [0.15, 0.2) is 6.07 Å². The summed E-state index contributed by atoms with van der Waals surface area (Å²) in [6.45, 7) is -1.49. The minimum atomic E-state index is -3.21. The fraction of sp³-hybridized carbons (Fsp3) is 0.300. The Balaban J connectivity index is 3.47. The highest BCUT2D eigenvalue weighted by molar-refractivity contribution is 6.44. The lowest BCUT2D eigenvalue weighted by molar-refractivity contribution is -0.0519. The van der Waals surface area contributed by atoms with Crippen molar-refractivity contribution in [3.8, 4) is 11.5 Å². The lowest BCUT2D eigenvalue weighted by Gasteiger charge is -2.15. The highest BCUT2D eigenvalue weighted by Crippen LogP contribution is 2.41. The van der Waals surface area contributed by atoms with E-state index in [4.69, 9.17) is 33.0 Å². The monoisotopic (exact) mass is 300 g/mol. The maximum atomic E-state index is 12.3. The fourth-order valence-electron chi connectivity index (χ4n) is 1.25. The molecular formula is C10H8Cl2F2O4. The van der Waals surface area contributed by atoms with Gasteiger partial charge in [0.2, 0.25) is 0 Å². The highest BCUT2D eigenvalue weighted by Gasteiger charge is 2.26. The predicted octanol–water partition coefficient (Wildman–Crippen LogP) is 3.69. The number of carboxylic acids is 1. The van der Waals surface area contributed by atoms with E-state index in [-0.39, 0.29) is 22.4 Å². The van der Waals surface area contributed by atoms with E-state index in [0.29, 0.717) is 0 Å². The molecule has 0 radical (unpaired) electrons. The van der Waals surface area contributed by atoms with Crippen molar-refractivity contribution in [3.05, 3.63) is 21.7 Å².